The van der Waals surface area contributed by atoms with Crippen LogP contribution < -0.4 is 11.3 Å². The molecule has 1 saturated carbocycles. The number of piperidine rings is 1. The molecule has 1 aliphatic carbocycles. The third kappa shape index (κ3) is 3.56. The highest BCUT2D eigenvalue weighted by Crippen LogP contribution is 2.35. The number of hydrogen-bond donors (Lipinski definition) is 0. The molecular formula is C24H27N5O5. The summed E-state index contributed by atoms with van der Waals surface area (Å²) in [6.07, 6.45) is 7.04. The van der Waals surface area contributed by atoms with E-state index in [0.29, 0.717) is 22.9 Å². The number of nitrogens with zero attached hydrogens (tertiary/aromatic N) is 5. The topological polar surface area (TPSA) is 120 Å². The number of benzene rings is 1. The van der Waals surface area contributed by atoms with Gasteiger partial charge in [-0.1, -0.05) is 6.42 Å². The zero-order valence-electron chi connectivity index (χ0n) is 19.3. The van der Waals surface area contributed by atoms with Crippen LogP contribution in [0.1, 0.15) is 57.9 Å². The van der Waals surface area contributed by atoms with Crippen LogP contribution in [0, 0.1) is 5.92 Å². The standard InChI is InChI=1S/C24H27N5O5/c1-13(2)29-16-6-7-17-21(34-24(31)23(30)32-17)19(16)20(27-29)22-26-25-18(33-22)12-14-8-10-28(11-9-14)15-4-3-5-15/h6-7,13-15H,3-5,8-12H2,1-2H3. The van der Waals surface area contributed by atoms with Crippen molar-refractivity contribution < 1.29 is 13.3 Å². The van der Waals surface area contributed by atoms with Gasteiger partial charge in [0.05, 0.1) is 10.9 Å². The van der Waals surface area contributed by atoms with Crippen LogP contribution in [0.2, 0.25) is 0 Å². The highest BCUT2D eigenvalue weighted by Gasteiger charge is 2.30. The first-order chi connectivity index (χ1) is 16.5. The Balaban J connectivity index is 1.33. The van der Waals surface area contributed by atoms with Crippen LogP contribution in [0.5, 0.6) is 0 Å². The zero-order chi connectivity index (χ0) is 23.4. The Morgan fingerprint density at radius 2 is 1.76 bits per heavy atom. The summed E-state index contributed by atoms with van der Waals surface area (Å²) in [6, 6.07) is 4.20. The molecule has 178 valence electrons. The molecule has 0 amide bonds. The van der Waals surface area contributed by atoms with Crippen LogP contribution in [-0.2, 0) is 6.42 Å². The van der Waals surface area contributed by atoms with Crippen molar-refractivity contribution in [2.24, 2.45) is 5.92 Å². The molecule has 1 saturated heterocycles. The lowest BCUT2D eigenvalue weighted by Gasteiger charge is -2.41. The maximum atomic E-state index is 11.9. The second kappa shape index (κ2) is 8.19. The molecule has 1 aliphatic heterocycles. The fraction of sp³-hybridized carbons (Fsp3) is 0.542. The molecule has 0 bridgehead atoms. The summed E-state index contributed by atoms with van der Waals surface area (Å²) in [4.78, 5) is 26.2. The van der Waals surface area contributed by atoms with Gasteiger partial charge in [0, 0.05) is 18.5 Å². The van der Waals surface area contributed by atoms with E-state index in [4.69, 9.17) is 18.4 Å². The van der Waals surface area contributed by atoms with Crippen LogP contribution >= 0.6 is 0 Å². The summed E-state index contributed by atoms with van der Waals surface area (Å²) >= 11 is 0. The summed E-state index contributed by atoms with van der Waals surface area (Å²) in [5.74, 6) is 1.35. The smallest absolute Gasteiger partial charge is 0.419 e. The maximum absolute atomic E-state index is 11.9. The third-order valence-corrected chi connectivity index (χ3v) is 7.22. The quantitative estimate of drug-likeness (QED) is 0.407. The van der Waals surface area contributed by atoms with Crippen LogP contribution in [0.4, 0.5) is 0 Å². The molecule has 10 heteroatoms. The van der Waals surface area contributed by atoms with Crippen molar-refractivity contribution in [1.29, 1.82) is 0 Å². The van der Waals surface area contributed by atoms with E-state index in [2.05, 4.69) is 15.1 Å². The predicted molar refractivity (Wildman–Crippen MR) is 124 cm³/mol. The first-order valence-corrected chi connectivity index (χ1v) is 12.0. The fourth-order valence-electron chi connectivity index (χ4n) is 5.14. The lowest BCUT2D eigenvalue weighted by atomic mass is 9.87. The average Bonchev–Trinajstić information content (AvgIpc) is 3.39. The second-order valence-electron chi connectivity index (χ2n) is 9.72. The molecule has 3 aromatic heterocycles. The molecular weight excluding hydrogens is 438 g/mol. The third-order valence-electron chi connectivity index (χ3n) is 7.22. The molecule has 1 aromatic carbocycles. The van der Waals surface area contributed by atoms with Gasteiger partial charge >= 0.3 is 11.3 Å². The van der Waals surface area contributed by atoms with Crippen LogP contribution in [0.25, 0.3) is 33.7 Å². The number of rotatable bonds is 5. The molecule has 10 nitrogen and oxygen atoms in total. The lowest BCUT2D eigenvalue weighted by Crippen LogP contribution is -2.45. The van der Waals surface area contributed by atoms with E-state index in [0.717, 1.165) is 43.9 Å². The van der Waals surface area contributed by atoms with Crippen molar-refractivity contribution in [3.8, 4) is 11.6 Å². The Kier molecular flexibility index (Phi) is 5.13. The van der Waals surface area contributed by atoms with Gasteiger partial charge in [0.25, 0.3) is 5.89 Å². The van der Waals surface area contributed by atoms with Crippen LogP contribution in [-0.4, -0.2) is 44.0 Å². The van der Waals surface area contributed by atoms with Crippen LogP contribution in [0.3, 0.4) is 0 Å². The molecule has 2 aliphatic rings. The van der Waals surface area contributed by atoms with Gasteiger partial charge in [0.1, 0.15) is 0 Å². The van der Waals surface area contributed by atoms with Gasteiger partial charge in [-0.05, 0) is 70.7 Å². The van der Waals surface area contributed by atoms with E-state index < -0.39 is 11.3 Å². The largest absolute Gasteiger partial charge is 0.423 e. The molecule has 34 heavy (non-hydrogen) atoms. The summed E-state index contributed by atoms with van der Waals surface area (Å²) in [7, 11) is 0. The molecule has 2 fully saturated rings. The minimum Gasteiger partial charge on any atom is -0.419 e. The van der Waals surface area contributed by atoms with E-state index in [1.807, 2.05) is 13.8 Å². The fourth-order valence-corrected chi connectivity index (χ4v) is 5.14. The van der Waals surface area contributed by atoms with E-state index in [9.17, 15) is 9.59 Å². The predicted octanol–water partition coefficient (Wildman–Crippen LogP) is 3.53. The molecule has 0 N–H and O–H groups in total. The number of aromatic nitrogens is 4. The van der Waals surface area contributed by atoms with Crippen molar-refractivity contribution in [2.45, 2.75) is 64.5 Å². The Morgan fingerprint density at radius 3 is 2.47 bits per heavy atom. The SMILES string of the molecule is CC(C)n1nc(-c2nnc(CC3CCN(C4CCC4)CC3)o2)c2c3oc(=O)c(=O)oc3ccc21. The highest BCUT2D eigenvalue weighted by atomic mass is 16.5. The van der Waals surface area contributed by atoms with Gasteiger partial charge in [-0.25, -0.2) is 9.59 Å². The monoisotopic (exact) mass is 465 g/mol. The molecule has 0 atom stereocenters. The summed E-state index contributed by atoms with van der Waals surface area (Å²) < 4.78 is 18.3. The Hall–Kier alpha value is -3.27. The zero-order valence-corrected chi connectivity index (χ0v) is 19.3. The average molecular weight is 466 g/mol. The first-order valence-electron chi connectivity index (χ1n) is 12.0. The van der Waals surface area contributed by atoms with Gasteiger partial charge in [0.15, 0.2) is 16.9 Å². The van der Waals surface area contributed by atoms with Crippen molar-refractivity contribution in [1.82, 2.24) is 24.9 Å². The minimum atomic E-state index is -1.07. The van der Waals surface area contributed by atoms with Gasteiger partial charge in [-0.3, -0.25) is 4.68 Å². The van der Waals surface area contributed by atoms with E-state index >= 15 is 0 Å². The van der Waals surface area contributed by atoms with Crippen molar-refractivity contribution >= 4 is 22.1 Å². The molecule has 0 unspecified atom stereocenters. The van der Waals surface area contributed by atoms with Crippen molar-refractivity contribution in [2.75, 3.05) is 13.1 Å². The number of hydrogen-bond acceptors (Lipinski definition) is 9. The molecule has 0 spiro atoms. The van der Waals surface area contributed by atoms with Crippen molar-refractivity contribution in [3.63, 3.8) is 0 Å². The number of likely N-dealkylation sites (tertiary alicyclic amines) is 1. The number of fused-ring (bicyclic) bond motifs is 3. The molecule has 4 heterocycles. The minimum absolute atomic E-state index is 0.0272. The Bertz CT molecular complexity index is 1470. The summed E-state index contributed by atoms with van der Waals surface area (Å²) in [6.45, 7) is 6.26. The van der Waals surface area contributed by atoms with E-state index in [-0.39, 0.29) is 23.1 Å². The van der Waals surface area contributed by atoms with E-state index in [1.165, 1.54) is 19.3 Å². The first kappa shape index (κ1) is 21.3. The van der Waals surface area contributed by atoms with Gasteiger partial charge in [0.2, 0.25) is 5.89 Å². The van der Waals surface area contributed by atoms with Gasteiger partial charge in [-0.15, -0.1) is 10.2 Å². The van der Waals surface area contributed by atoms with Gasteiger partial charge in [-0.2, -0.15) is 5.10 Å². The summed E-state index contributed by atoms with van der Waals surface area (Å²) in [5.41, 5.74) is -0.676. The van der Waals surface area contributed by atoms with Crippen molar-refractivity contribution in [3.05, 3.63) is 38.9 Å². The maximum Gasteiger partial charge on any atom is 0.423 e. The normalized spacial score (nSPS) is 18.3. The Morgan fingerprint density at radius 1 is 1.00 bits per heavy atom. The molecule has 4 aromatic rings. The summed E-state index contributed by atoms with van der Waals surface area (Å²) in [5, 5.41) is 13.8. The highest BCUT2D eigenvalue weighted by molar-refractivity contribution is 6.07. The molecule has 6 rings (SSSR count). The second-order valence-corrected chi connectivity index (χ2v) is 9.72. The van der Waals surface area contributed by atoms with Crippen LogP contribution in [0.15, 0.2) is 35.0 Å². The lowest BCUT2D eigenvalue weighted by molar-refractivity contribution is 0.0832. The van der Waals surface area contributed by atoms with Gasteiger partial charge < -0.3 is 18.2 Å². The Labute approximate surface area is 194 Å². The molecule has 0 radical (unpaired) electrons. The van der Waals surface area contributed by atoms with E-state index in [1.54, 1.807) is 16.8 Å².